The van der Waals surface area contributed by atoms with Gasteiger partial charge in [0, 0.05) is 62.5 Å². The van der Waals surface area contributed by atoms with Crippen molar-refractivity contribution in [2.75, 3.05) is 38.2 Å². The highest BCUT2D eigenvalue weighted by molar-refractivity contribution is 7.99. The molecule has 7 heteroatoms. The summed E-state index contributed by atoms with van der Waals surface area (Å²) in [4.78, 5) is 7.30. The molecule has 1 unspecified atom stereocenters. The highest BCUT2D eigenvalue weighted by Crippen LogP contribution is 2.34. The Hall–Kier alpha value is -1.21. The van der Waals surface area contributed by atoms with Crippen LogP contribution < -0.4 is 10.6 Å². The van der Waals surface area contributed by atoms with E-state index >= 15 is 0 Å². The first-order valence-electron chi connectivity index (χ1n) is 11.2. The van der Waals surface area contributed by atoms with Gasteiger partial charge in [-0.25, -0.2) is 0 Å². The predicted octanol–water partition coefficient (Wildman–Crippen LogP) is 2.88. The van der Waals surface area contributed by atoms with Crippen LogP contribution in [0.15, 0.2) is 4.99 Å². The number of hydrogen-bond acceptors (Lipinski definition) is 4. The zero-order valence-electron chi connectivity index (χ0n) is 19.1. The molecule has 2 fully saturated rings. The lowest BCUT2D eigenvalue weighted by Crippen LogP contribution is -2.60. The first kappa shape index (κ1) is 22.5. The van der Waals surface area contributed by atoms with Crippen LogP contribution in [-0.2, 0) is 13.5 Å². The van der Waals surface area contributed by atoms with Gasteiger partial charge in [0.15, 0.2) is 5.96 Å². The molecule has 2 N–H and O–H groups in total. The van der Waals surface area contributed by atoms with E-state index in [1.165, 1.54) is 68.0 Å². The van der Waals surface area contributed by atoms with Crippen LogP contribution in [-0.4, -0.2) is 70.4 Å². The van der Waals surface area contributed by atoms with E-state index in [0.29, 0.717) is 11.6 Å². The number of nitrogens with zero attached hydrogens (tertiary/aromatic N) is 4. The Balaban J connectivity index is 1.59. The van der Waals surface area contributed by atoms with E-state index in [0.717, 1.165) is 24.6 Å². The summed E-state index contributed by atoms with van der Waals surface area (Å²) in [7, 11) is 3.90. The molecule has 6 nitrogen and oxygen atoms in total. The number of hydrogen-bond donors (Lipinski definition) is 2. The van der Waals surface area contributed by atoms with Crippen molar-refractivity contribution in [2.24, 2.45) is 12.0 Å². The number of thioether (sulfide) groups is 1. The first-order chi connectivity index (χ1) is 13.9. The van der Waals surface area contributed by atoms with Crippen LogP contribution in [0.2, 0.25) is 0 Å². The van der Waals surface area contributed by atoms with Gasteiger partial charge < -0.3 is 10.6 Å². The Bertz CT molecular complexity index is 686. The quantitative estimate of drug-likeness (QED) is 0.547. The summed E-state index contributed by atoms with van der Waals surface area (Å²) in [5.74, 6) is 3.47. The summed E-state index contributed by atoms with van der Waals surface area (Å²) < 4.78 is 1.98. The minimum atomic E-state index is 0.302. The molecule has 0 spiro atoms. The zero-order valence-corrected chi connectivity index (χ0v) is 19.9. The van der Waals surface area contributed by atoms with Crippen molar-refractivity contribution in [1.29, 1.82) is 0 Å². The Morgan fingerprint density at radius 1 is 1.21 bits per heavy atom. The number of aryl methyl sites for hydroxylation is 2. The third kappa shape index (κ3) is 5.48. The average molecular weight is 421 g/mol. The van der Waals surface area contributed by atoms with Gasteiger partial charge >= 0.3 is 0 Å². The van der Waals surface area contributed by atoms with Crippen LogP contribution in [0.4, 0.5) is 0 Å². The molecule has 3 rings (SSSR count). The average Bonchev–Trinajstić information content (AvgIpc) is 2.98. The van der Waals surface area contributed by atoms with Crippen LogP contribution >= 0.6 is 11.8 Å². The largest absolute Gasteiger partial charge is 0.355 e. The zero-order chi connectivity index (χ0) is 20.9. The first-order valence-corrected chi connectivity index (χ1v) is 12.4. The molecule has 2 aliphatic rings. The Morgan fingerprint density at radius 3 is 2.48 bits per heavy atom. The summed E-state index contributed by atoms with van der Waals surface area (Å²) in [6.07, 6.45) is 7.68. The molecule has 2 heterocycles. The van der Waals surface area contributed by atoms with E-state index in [4.69, 9.17) is 0 Å². The molecule has 29 heavy (non-hydrogen) atoms. The maximum atomic E-state index is 4.56. The SMILES string of the molecule is CN=C(NCC1(N2CCSCC2)CCCCC1)NC(C)Cc1c(C)nn(C)c1C. The highest BCUT2D eigenvalue weighted by atomic mass is 32.2. The Morgan fingerprint density at radius 2 is 1.90 bits per heavy atom. The predicted molar refractivity (Wildman–Crippen MR) is 125 cm³/mol. The second-order valence-corrected chi connectivity index (χ2v) is 10.1. The molecule has 164 valence electrons. The fourth-order valence-electron chi connectivity index (χ4n) is 5.00. The van der Waals surface area contributed by atoms with Gasteiger partial charge in [0.25, 0.3) is 0 Å². The van der Waals surface area contributed by atoms with Gasteiger partial charge in [0.2, 0.25) is 0 Å². The van der Waals surface area contributed by atoms with Gasteiger partial charge in [0.05, 0.1) is 5.69 Å². The monoisotopic (exact) mass is 420 g/mol. The molecule has 0 bridgehead atoms. The number of guanidine groups is 1. The van der Waals surface area contributed by atoms with Gasteiger partial charge in [0.1, 0.15) is 0 Å². The second kappa shape index (κ2) is 10.2. The molecule has 0 radical (unpaired) electrons. The molecule has 1 aromatic rings. The highest BCUT2D eigenvalue weighted by Gasteiger charge is 2.38. The third-order valence-electron chi connectivity index (χ3n) is 6.83. The lowest BCUT2D eigenvalue weighted by Gasteiger charge is -2.48. The summed E-state index contributed by atoms with van der Waals surface area (Å²) >= 11 is 2.10. The smallest absolute Gasteiger partial charge is 0.191 e. The van der Waals surface area contributed by atoms with Gasteiger partial charge in [-0.1, -0.05) is 19.3 Å². The number of aliphatic imine (C=N–C) groups is 1. The Kier molecular flexibility index (Phi) is 7.91. The molecule has 1 aliphatic carbocycles. The second-order valence-electron chi connectivity index (χ2n) is 8.83. The van der Waals surface area contributed by atoms with Gasteiger partial charge in [-0.3, -0.25) is 14.6 Å². The van der Waals surface area contributed by atoms with Crippen LogP contribution in [0.5, 0.6) is 0 Å². The Labute approximate surface area is 181 Å². The fraction of sp³-hybridized carbons (Fsp3) is 0.818. The van der Waals surface area contributed by atoms with Crippen LogP contribution in [0, 0.1) is 13.8 Å². The van der Waals surface area contributed by atoms with E-state index in [1.54, 1.807) is 0 Å². The normalized spacial score (nSPS) is 21.8. The molecular weight excluding hydrogens is 380 g/mol. The van der Waals surface area contributed by atoms with Crippen molar-refractivity contribution >= 4 is 17.7 Å². The van der Waals surface area contributed by atoms with Crippen molar-refractivity contribution in [2.45, 2.75) is 70.9 Å². The minimum absolute atomic E-state index is 0.302. The van der Waals surface area contributed by atoms with Crippen LogP contribution in [0.3, 0.4) is 0 Å². The summed E-state index contributed by atoms with van der Waals surface area (Å²) in [6, 6.07) is 0.302. The van der Waals surface area contributed by atoms with E-state index in [9.17, 15) is 0 Å². The molecule has 0 aromatic carbocycles. The minimum Gasteiger partial charge on any atom is -0.355 e. The third-order valence-corrected chi connectivity index (χ3v) is 7.77. The fourth-order valence-corrected chi connectivity index (χ4v) is 5.90. The topological polar surface area (TPSA) is 57.5 Å². The maximum absolute atomic E-state index is 4.56. The molecule has 1 aliphatic heterocycles. The van der Waals surface area contributed by atoms with Gasteiger partial charge in [-0.05, 0) is 45.6 Å². The van der Waals surface area contributed by atoms with Gasteiger partial charge in [-0.15, -0.1) is 0 Å². The molecule has 1 atom stereocenters. The van der Waals surface area contributed by atoms with Gasteiger partial charge in [-0.2, -0.15) is 16.9 Å². The van der Waals surface area contributed by atoms with Crippen molar-refractivity contribution in [1.82, 2.24) is 25.3 Å². The number of nitrogens with one attached hydrogen (secondary N) is 2. The molecule has 1 saturated carbocycles. The summed E-state index contributed by atoms with van der Waals surface area (Å²) in [5.41, 5.74) is 4.03. The van der Waals surface area contributed by atoms with Crippen molar-refractivity contribution in [3.63, 3.8) is 0 Å². The number of rotatable bonds is 6. The van der Waals surface area contributed by atoms with E-state index < -0.39 is 0 Å². The standard InChI is InChI=1S/C22H40N6S/c1-17(15-20-18(2)26-27(5)19(20)3)25-21(23-4)24-16-22(9-7-6-8-10-22)28-11-13-29-14-12-28/h17H,6-16H2,1-5H3,(H2,23,24,25). The van der Waals surface area contributed by atoms with Crippen LogP contribution in [0.1, 0.15) is 56.0 Å². The lowest BCUT2D eigenvalue weighted by molar-refractivity contribution is 0.0625. The van der Waals surface area contributed by atoms with E-state index in [2.05, 4.69) is 58.2 Å². The van der Waals surface area contributed by atoms with E-state index in [1.807, 2.05) is 18.8 Å². The number of aromatic nitrogens is 2. The molecular formula is C22H40N6S. The van der Waals surface area contributed by atoms with Crippen LogP contribution in [0.25, 0.3) is 0 Å². The molecule has 1 saturated heterocycles. The molecule has 1 aromatic heterocycles. The van der Waals surface area contributed by atoms with Crippen molar-refractivity contribution < 1.29 is 0 Å². The summed E-state index contributed by atoms with van der Waals surface area (Å²) in [5, 5.41) is 11.9. The van der Waals surface area contributed by atoms with Crippen molar-refractivity contribution in [3.05, 3.63) is 17.0 Å². The molecule has 0 amide bonds. The lowest BCUT2D eigenvalue weighted by atomic mass is 9.80. The summed E-state index contributed by atoms with van der Waals surface area (Å²) in [6.45, 7) is 9.94. The van der Waals surface area contributed by atoms with E-state index in [-0.39, 0.29) is 0 Å². The maximum Gasteiger partial charge on any atom is 0.191 e. The van der Waals surface area contributed by atoms with Crippen molar-refractivity contribution in [3.8, 4) is 0 Å².